The minimum atomic E-state index is -4.84. The first-order valence-electron chi connectivity index (χ1n) is 10.7. The lowest BCUT2D eigenvalue weighted by molar-refractivity contribution is -0.110. The second-order valence-electron chi connectivity index (χ2n) is 8.10. The zero-order valence-electron chi connectivity index (χ0n) is 18.6. The zero-order chi connectivity index (χ0) is 25.5. The topological polar surface area (TPSA) is 168 Å². The highest BCUT2D eigenvalue weighted by Gasteiger charge is 2.36. The van der Waals surface area contributed by atoms with E-state index in [0.29, 0.717) is 47.9 Å². The van der Waals surface area contributed by atoms with Gasteiger partial charge in [0.25, 0.3) is 5.91 Å². The number of nitrogens with two attached hydrogens (primary N) is 2. The van der Waals surface area contributed by atoms with E-state index >= 15 is 0 Å². The van der Waals surface area contributed by atoms with E-state index in [9.17, 15) is 18.0 Å². The van der Waals surface area contributed by atoms with Crippen molar-refractivity contribution in [1.29, 1.82) is 10.8 Å². The van der Waals surface area contributed by atoms with Crippen molar-refractivity contribution in [3.8, 4) is 0 Å². The average molecular weight is 485 g/mol. The molecule has 1 amide bonds. The molecule has 0 saturated carbocycles. The molecule has 4 rings (SSSR count). The number of amides is 1. The van der Waals surface area contributed by atoms with Gasteiger partial charge in [-0.25, -0.2) is 4.98 Å². The van der Waals surface area contributed by atoms with E-state index in [1.54, 1.807) is 6.92 Å². The van der Waals surface area contributed by atoms with E-state index in [4.69, 9.17) is 26.7 Å². The van der Waals surface area contributed by atoms with Crippen LogP contribution in [0.4, 0.5) is 24.7 Å². The fourth-order valence-corrected chi connectivity index (χ4v) is 4.27. The smallest absolute Gasteiger partial charge is 0.431 e. The number of hydrogen-bond acceptors (Lipinski definition) is 8. The van der Waals surface area contributed by atoms with Gasteiger partial charge in [-0.2, -0.15) is 18.2 Å². The van der Waals surface area contributed by atoms with Crippen molar-refractivity contribution in [2.45, 2.75) is 38.8 Å². The molecule has 0 saturated heterocycles. The summed E-state index contributed by atoms with van der Waals surface area (Å²) in [5, 5.41) is 19.1. The number of aryl methyl sites for hydroxylation is 2. The first-order valence-corrected chi connectivity index (χ1v) is 10.7. The number of rotatable bonds is 5. The number of pyridine rings is 1. The molecule has 7 N–H and O–H groups in total. The molecular formula is C23H22F3N7O2. The Bertz CT molecular complexity index is 1410. The van der Waals surface area contributed by atoms with Crippen LogP contribution < -0.4 is 16.8 Å². The first-order chi connectivity index (χ1) is 16.5. The number of allylic oxidation sites excluding steroid dienone is 2. The molecule has 182 valence electrons. The number of halogens is 3. The Morgan fingerprint density at radius 3 is 2.49 bits per heavy atom. The fourth-order valence-electron chi connectivity index (χ4n) is 4.27. The van der Waals surface area contributed by atoms with Crippen LogP contribution in [0.25, 0.3) is 16.5 Å². The molecule has 0 bridgehead atoms. The summed E-state index contributed by atoms with van der Waals surface area (Å²) < 4.78 is 45.3. The molecule has 0 aliphatic heterocycles. The van der Waals surface area contributed by atoms with Gasteiger partial charge in [-0.05, 0) is 48.9 Å². The average Bonchev–Trinajstić information content (AvgIpc) is 3.22. The fraction of sp³-hybridized carbons (Fsp3) is 0.261. The van der Waals surface area contributed by atoms with Crippen LogP contribution in [0.5, 0.6) is 0 Å². The molecule has 0 unspecified atom stereocenters. The summed E-state index contributed by atoms with van der Waals surface area (Å²) in [6.45, 7) is 1.60. The normalized spacial score (nSPS) is 14.3. The van der Waals surface area contributed by atoms with Gasteiger partial charge in [0.2, 0.25) is 0 Å². The number of nitrogens with zero attached hydrogens (tertiary/aromatic N) is 2. The SMILES string of the molecule is Cc1nc(NC(=O)C(=N)c2c(N)ccc3nc(C(C=N)=C(N)C(F)(F)F)c4c(c23)CCCC4)co1. The van der Waals surface area contributed by atoms with E-state index in [1.165, 1.54) is 18.4 Å². The number of hydrogen-bond donors (Lipinski definition) is 5. The molecule has 12 heteroatoms. The maximum atomic E-state index is 13.4. The van der Waals surface area contributed by atoms with E-state index in [0.717, 1.165) is 6.42 Å². The van der Waals surface area contributed by atoms with Crippen LogP contribution in [0.1, 0.15) is 41.1 Å². The number of oxazole rings is 1. The molecule has 0 spiro atoms. The van der Waals surface area contributed by atoms with Crippen LogP contribution in [0, 0.1) is 17.7 Å². The second kappa shape index (κ2) is 8.85. The molecule has 35 heavy (non-hydrogen) atoms. The Kier molecular flexibility index (Phi) is 6.05. The molecule has 0 atom stereocenters. The van der Waals surface area contributed by atoms with E-state index < -0.39 is 29.1 Å². The van der Waals surface area contributed by atoms with Crippen LogP contribution in [-0.4, -0.2) is 34.0 Å². The molecule has 2 heterocycles. The van der Waals surface area contributed by atoms with E-state index in [1.807, 2.05) is 0 Å². The molecule has 1 aliphatic carbocycles. The van der Waals surface area contributed by atoms with Gasteiger partial charge < -0.3 is 26.6 Å². The van der Waals surface area contributed by atoms with Crippen LogP contribution in [0.3, 0.4) is 0 Å². The summed E-state index contributed by atoms with van der Waals surface area (Å²) in [5.41, 5.74) is 10.8. The van der Waals surface area contributed by atoms with Gasteiger partial charge in [0, 0.05) is 35.3 Å². The van der Waals surface area contributed by atoms with Crippen LogP contribution in [0.2, 0.25) is 0 Å². The summed E-state index contributed by atoms with van der Waals surface area (Å²) >= 11 is 0. The first kappa shape index (κ1) is 23.9. The van der Waals surface area contributed by atoms with Crippen molar-refractivity contribution >= 4 is 45.8 Å². The third-order valence-electron chi connectivity index (χ3n) is 5.84. The van der Waals surface area contributed by atoms with Crippen molar-refractivity contribution in [3.63, 3.8) is 0 Å². The third kappa shape index (κ3) is 4.34. The number of benzene rings is 1. The Balaban J connectivity index is 1.93. The number of alkyl halides is 3. The molecule has 1 aliphatic rings. The van der Waals surface area contributed by atoms with Gasteiger partial charge in [0.1, 0.15) is 17.7 Å². The van der Waals surface area contributed by atoms with Crippen molar-refractivity contribution < 1.29 is 22.4 Å². The highest BCUT2D eigenvalue weighted by Crippen LogP contribution is 2.38. The summed E-state index contributed by atoms with van der Waals surface area (Å²) in [6.07, 6.45) is -0.717. The largest absolute Gasteiger partial charge is 0.447 e. The Hall–Kier alpha value is -4.22. The minimum absolute atomic E-state index is 0.0261. The summed E-state index contributed by atoms with van der Waals surface area (Å²) in [5.74, 6) is -0.329. The molecule has 0 radical (unpaired) electrons. The number of nitrogens with one attached hydrogen (secondary N) is 3. The highest BCUT2D eigenvalue weighted by molar-refractivity contribution is 6.50. The number of carbonyl (C=O) groups is 1. The second-order valence-corrected chi connectivity index (χ2v) is 8.10. The number of nitrogen functional groups attached to an aromatic ring is 1. The van der Waals surface area contributed by atoms with Crippen molar-refractivity contribution in [2.75, 3.05) is 11.1 Å². The molecule has 1 aromatic carbocycles. The van der Waals surface area contributed by atoms with Crippen LogP contribution in [0.15, 0.2) is 28.5 Å². The molecular weight excluding hydrogens is 463 g/mol. The Morgan fingerprint density at radius 2 is 1.89 bits per heavy atom. The lowest BCUT2D eigenvalue weighted by atomic mass is 9.83. The molecule has 2 aromatic heterocycles. The summed E-state index contributed by atoms with van der Waals surface area (Å²) in [7, 11) is 0. The molecule has 3 aromatic rings. The van der Waals surface area contributed by atoms with Gasteiger partial charge in [-0.3, -0.25) is 10.2 Å². The maximum Gasteiger partial charge on any atom is 0.431 e. The number of fused-ring (bicyclic) bond motifs is 3. The van der Waals surface area contributed by atoms with Gasteiger partial charge in [-0.1, -0.05) is 0 Å². The molecule has 9 nitrogen and oxygen atoms in total. The van der Waals surface area contributed by atoms with Crippen LogP contribution >= 0.6 is 0 Å². The van der Waals surface area contributed by atoms with E-state index in [2.05, 4.69) is 15.3 Å². The van der Waals surface area contributed by atoms with Gasteiger partial charge in [0.05, 0.1) is 11.2 Å². The maximum absolute atomic E-state index is 13.4. The lowest BCUT2D eigenvalue weighted by Gasteiger charge is -2.24. The lowest BCUT2D eigenvalue weighted by Crippen LogP contribution is -2.25. The number of carbonyl (C=O) groups excluding carboxylic acids is 1. The Morgan fingerprint density at radius 1 is 1.20 bits per heavy atom. The quantitative estimate of drug-likeness (QED) is 0.271. The monoisotopic (exact) mass is 485 g/mol. The van der Waals surface area contributed by atoms with Gasteiger partial charge >= 0.3 is 6.18 Å². The van der Waals surface area contributed by atoms with Crippen molar-refractivity contribution in [3.05, 3.63) is 52.4 Å². The highest BCUT2D eigenvalue weighted by atomic mass is 19.4. The number of anilines is 2. The predicted octanol–water partition coefficient (Wildman–Crippen LogP) is 3.88. The summed E-state index contributed by atoms with van der Waals surface area (Å²) in [4.78, 5) is 21.2. The van der Waals surface area contributed by atoms with Crippen molar-refractivity contribution in [1.82, 2.24) is 9.97 Å². The standard InChI is InChI=1S/C23H22F3N7O2/c1-10-31-16(9-35-10)33-22(34)19(29)18-14(28)6-7-15-17(18)11-4-2-3-5-12(11)20(32-15)13(8-27)21(30)23(24,25)26/h6-9,27,29H,2-5,28,30H2,1H3,(H,33,34). The molecule has 0 fully saturated rings. The van der Waals surface area contributed by atoms with E-state index in [-0.39, 0.29) is 28.3 Å². The summed E-state index contributed by atoms with van der Waals surface area (Å²) in [6, 6.07) is 2.96. The zero-order valence-corrected chi connectivity index (χ0v) is 18.6. The van der Waals surface area contributed by atoms with Crippen LogP contribution in [-0.2, 0) is 17.6 Å². The number of aromatic nitrogens is 2. The predicted molar refractivity (Wildman–Crippen MR) is 125 cm³/mol. The van der Waals surface area contributed by atoms with Gasteiger partial charge in [-0.15, -0.1) is 0 Å². The third-order valence-corrected chi connectivity index (χ3v) is 5.84. The van der Waals surface area contributed by atoms with Gasteiger partial charge in [0.15, 0.2) is 11.7 Å². The Labute approximate surface area is 197 Å². The van der Waals surface area contributed by atoms with Crippen molar-refractivity contribution in [2.24, 2.45) is 5.73 Å². The minimum Gasteiger partial charge on any atom is -0.447 e.